The summed E-state index contributed by atoms with van der Waals surface area (Å²) in [6.45, 7) is 12.4. The summed E-state index contributed by atoms with van der Waals surface area (Å²) in [7, 11) is -3.95. The van der Waals surface area contributed by atoms with Crippen molar-refractivity contribution in [2.24, 2.45) is 0 Å². The van der Waals surface area contributed by atoms with Crippen molar-refractivity contribution < 1.29 is 22.7 Å². The fraction of sp³-hybridized carbons (Fsp3) is 0.406. The maximum Gasteiger partial charge on any atom is 0.264 e. The van der Waals surface area contributed by atoms with E-state index >= 15 is 0 Å². The van der Waals surface area contributed by atoms with Gasteiger partial charge >= 0.3 is 0 Å². The average molecular weight is 578 g/mol. The molecule has 0 aromatic heterocycles. The fourth-order valence-corrected chi connectivity index (χ4v) is 6.55. The fourth-order valence-electron chi connectivity index (χ4n) is 5.08. The lowest BCUT2D eigenvalue weighted by Gasteiger charge is -2.36. The van der Waals surface area contributed by atoms with Gasteiger partial charge in [-0.15, -0.1) is 0 Å². The first kappa shape index (κ1) is 29.1. The van der Waals surface area contributed by atoms with Crippen molar-refractivity contribution in [2.45, 2.75) is 57.2 Å². The summed E-state index contributed by atoms with van der Waals surface area (Å²) in [6, 6.07) is 20.5. The van der Waals surface area contributed by atoms with Gasteiger partial charge in [-0.05, 0) is 53.3 Å². The molecule has 8 nitrogen and oxygen atoms in total. The van der Waals surface area contributed by atoms with Crippen LogP contribution in [0.2, 0.25) is 0 Å². The smallest absolute Gasteiger partial charge is 0.264 e. The Hall–Kier alpha value is -3.40. The minimum Gasteiger partial charge on any atom is -0.476 e. The highest BCUT2D eigenvalue weighted by molar-refractivity contribution is 7.92. The molecule has 3 aromatic carbocycles. The van der Waals surface area contributed by atoms with E-state index in [2.05, 4.69) is 43.1 Å². The summed E-state index contributed by atoms with van der Waals surface area (Å²) in [5.41, 5.74) is 4.33. The second-order valence-electron chi connectivity index (χ2n) is 11.8. The second kappa shape index (κ2) is 11.8. The van der Waals surface area contributed by atoms with Crippen molar-refractivity contribution in [1.82, 2.24) is 10.2 Å². The van der Waals surface area contributed by atoms with Gasteiger partial charge in [-0.25, -0.2) is 8.42 Å². The van der Waals surface area contributed by atoms with Gasteiger partial charge in [0.2, 0.25) is 0 Å². The van der Waals surface area contributed by atoms with E-state index in [9.17, 15) is 13.2 Å². The molecule has 0 radical (unpaired) electrons. The summed E-state index contributed by atoms with van der Waals surface area (Å²) in [4.78, 5) is 15.9. The van der Waals surface area contributed by atoms with Crippen molar-refractivity contribution in [2.75, 3.05) is 37.2 Å². The maximum absolute atomic E-state index is 13.9. The Morgan fingerprint density at radius 2 is 1.68 bits per heavy atom. The van der Waals surface area contributed by atoms with Crippen LogP contribution in [0.25, 0.3) is 0 Å². The summed E-state index contributed by atoms with van der Waals surface area (Å²) in [5, 5.41) is 2.97. The molecule has 2 aliphatic heterocycles. The highest BCUT2D eigenvalue weighted by Gasteiger charge is 2.38. The first-order chi connectivity index (χ1) is 19.5. The number of carbonyl (C=O) groups is 1. The Balaban J connectivity index is 1.36. The quantitative estimate of drug-likeness (QED) is 0.448. The third-order valence-corrected chi connectivity index (χ3v) is 9.36. The minimum absolute atomic E-state index is 0.125. The number of aryl methyl sites for hydroxylation is 1. The molecule has 3 aromatic rings. The largest absolute Gasteiger partial charge is 0.476 e. The predicted molar refractivity (Wildman–Crippen MR) is 160 cm³/mol. The molecule has 0 saturated carbocycles. The van der Waals surface area contributed by atoms with E-state index in [0.717, 1.165) is 49.5 Å². The molecular weight excluding hydrogens is 538 g/mol. The molecule has 0 spiro atoms. The van der Waals surface area contributed by atoms with Crippen LogP contribution in [-0.4, -0.2) is 58.2 Å². The van der Waals surface area contributed by atoms with Gasteiger partial charge in [0.25, 0.3) is 15.9 Å². The lowest BCUT2D eigenvalue weighted by Crippen LogP contribution is -2.50. The van der Waals surface area contributed by atoms with Gasteiger partial charge in [0, 0.05) is 26.2 Å². The van der Waals surface area contributed by atoms with Crippen LogP contribution in [0.5, 0.6) is 5.75 Å². The molecule has 0 aliphatic carbocycles. The van der Waals surface area contributed by atoms with E-state index in [1.165, 1.54) is 9.87 Å². The minimum atomic E-state index is -3.95. The van der Waals surface area contributed by atoms with E-state index < -0.39 is 16.1 Å². The molecular formula is C32H39N3O5S. The number of nitrogens with one attached hydrogen (secondary N) is 1. The average Bonchev–Trinajstić information content (AvgIpc) is 2.95. The zero-order valence-corrected chi connectivity index (χ0v) is 25.0. The number of amides is 1. The number of ether oxygens (including phenoxy) is 2. The zero-order chi connectivity index (χ0) is 29.2. The number of sulfonamides is 1. The third kappa shape index (κ3) is 6.74. The number of rotatable bonds is 7. The van der Waals surface area contributed by atoms with Crippen molar-refractivity contribution in [1.29, 1.82) is 0 Å². The van der Waals surface area contributed by atoms with Gasteiger partial charge in [0.15, 0.2) is 6.10 Å². The number of benzene rings is 3. The number of morpholine rings is 1. The van der Waals surface area contributed by atoms with Crippen LogP contribution in [0.15, 0.2) is 71.6 Å². The van der Waals surface area contributed by atoms with E-state index in [1.54, 1.807) is 30.3 Å². The SMILES string of the molecule is Cc1ccc(S(=O)(=O)N2CC(C(=O)NCc3cccc(CN4CCOCC4)c3)Oc3ccc(C(C)(C)C)cc32)cc1. The molecule has 41 heavy (non-hydrogen) atoms. The van der Waals surface area contributed by atoms with Crippen LogP contribution < -0.4 is 14.4 Å². The van der Waals surface area contributed by atoms with Gasteiger partial charge in [0.05, 0.1) is 30.3 Å². The lowest BCUT2D eigenvalue weighted by molar-refractivity contribution is -0.127. The summed E-state index contributed by atoms with van der Waals surface area (Å²) >= 11 is 0. The number of nitrogens with zero attached hydrogens (tertiary/aromatic N) is 2. The topological polar surface area (TPSA) is 88.2 Å². The normalized spacial score (nSPS) is 18.0. The number of hydrogen-bond acceptors (Lipinski definition) is 6. The van der Waals surface area contributed by atoms with Crippen molar-refractivity contribution in [3.8, 4) is 5.75 Å². The Morgan fingerprint density at radius 1 is 0.976 bits per heavy atom. The first-order valence-corrected chi connectivity index (χ1v) is 15.5. The van der Waals surface area contributed by atoms with Crippen molar-refractivity contribution in [3.05, 3.63) is 89.0 Å². The summed E-state index contributed by atoms with van der Waals surface area (Å²) in [6.07, 6.45) is -1.00. The number of hydrogen-bond donors (Lipinski definition) is 1. The Morgan fingerprint density at radius 3 is 2.39 bits per heavy atom. The van der Waals surface area contributed by atoms with Crippen LogP contribution in [0.3, 0.4) is 0 Å². The molecule has 2 aliphatic rings. The maximum atomic E-state index is 13.9. The molecule has 0 bridgehead atoms. The van der Waals surface area contributed by atoms with Gasteiger partial charge < -0.3 is 14.8 Å². The van der Waals surface area contributed by atoms with E-state index in [-0.39, 0.29) is 22.8 Å². The molecule has 1 amide bonds. The molecule has 218 valence electrons. The van der Waals surface area contributed by atoms with Crippen molar-refractivity contribution >= 4 is 21.6 Å². The van der Waals surface area contributed by atoms with Crippen LogP contribution in [-0.2, 0) is 38.1 Å². The molecule has 5 rings (SSSR count). The van der Waals surface area contributed by atoms with Crippen LogP contribution in [0, 0.1) is 6.92 Å². The number of anilines is 1. The lowest BCUT2D eigenvalue weighted by atomic mass is 9.86. The summed E-state index contributed by atoms with van der Waals surface area (Å²) in [5.74, 6) is 0.00540. The summed E-state index contributed by atoms with van der Waals surface area (Å²) < 4.78 is 40.7. The third-order valence-electron chi connectivity index (χ3n) is 7.56. The highest BCUT2D eigenvalue weighted by Crippen LogP contribution is 2.40. The van der Waals surface area contributed by atoms with E-state index in [1.807, 2.05) is 31.2 Å². The number of carbonyl (C=O) groups excluding carboxylic acids is 1. The van der Waals surface area contributed by atoms with Gasteiger partial charge in [-0.3, -0.25) is 14.0 Å². The van der Waals surface area contributed by atoms with Gasteiger partial charge in [0.1, 0.15) is 5.75 Å². The second-order valence-corrected chi connectivity index (χ2v) is 13.7. The van der Waals surface area contributed by atoms with Crippen LogP contribution in [0.1, 0.15) is 43.0 Å². The van der Waals surface area contributed by atoms with E-state index in [0.29, 0.717) is 18.0 Å². The standard InChI is InChI=1S/C32H39N3O5S/c1-23-8-11-27(12-9-23)41(37,38)35-22-30(40-29-13-10-26(19-28(29)35)32(2,3)4)31(36)33-20-24-6-5-7-25(18-24)21-34-14-16-39-17-15-34/h5-13,18-19,30H,14-17,20-22H2,1-4H3,(H,33,36). The van der Waals surface area contributed by atoms with Gasteiger partial charge in [-0.1, -0.05) is 68.8 Å². The zero-order valence-electron chi connectivity index (χ0n) is 24.2. The monoisotopic (exact) mass is 577 g/mol. The molecule has 1 fully saturated rings. The van der Waals surface area contributed by atoms with Gasteiger partial charge in [-0.2, -0.15) is 0 Å². The van der Waals surface area contributed by atoms with Crippen LogP contribution in [0.4, 0.5) is 5.69 Å². The molecule has 1 atom stereocenters. The molecule has 1 unspecified atom stereocenters. The molecule has 1 N–H and O–H groups in total. The Kier molecular flexibility index (Phi) is 8.40. The first-order valence-electron chi connectivity index (χ1n) is 14.1. The van der Waals surface area contributed by atoms with E-state index in [4.69, 9.17) is 9.47 Å². The molecule has 1 saturated heterocycles. The number of fused-ring (bicyclic) bond motifs is 1. The highest BCUT2D eigenvalue weighted by atomic mass is 32.2. The Labute approximate surface area is 243 Å². The predicted octanol–water partition coefficient (Wildman–Crippen LogP) is 4.40. The van der Waals surface area contributed by atoms with Crippen molar-refractivity contribution in [3.63, 3.8) is 0 Å². The molecule has 2 heterocycles. The van der Waals surface area contributed by atoms with Crippen LogP contribution >= 0.6 is 0 Å². The Bertz CT molecular complexity index is 1490. The molecule has 9 heteroatoms.